The summed E-state index contributed by atoms with van der Waals surface area (Å²) in [6.45, 7) is 0. The number of carboxylic acids is 2. The van der Waals surface area contributed by atoms with Crippen LogP contribution >= 0.6 is 34.0 Å². The third-order valence-electron chi connectivity index (χ3n) is 7.65. The molecule has 0 saturated carbocycles. The fraction of sp³-hybridized carbons (Fsp3) is 0.200. The van der Waals surface area contributed by atoms with Crippen LogP contribution in [0.1, 0.15) is 34.4 Å². The van der Waals surface area contributed by atoms with Crippen LogP contribution in [0.2, 0.25) is 0 Å². The van der Waals surface area contributed by atoms with Gasteiger partial charge in [-0.3, -0.25) is 19.2 Å². The Hall–Kier alpha value is -4.01. The van der Waals surface area contributed by atoms with Crippen LogP contribution in [0.15, 0.2) is 71.4 Å². The summed E-state index contributed by atoms with van der Waals surface area (Å²) >= 11 is 4.41. The molecule has 0 radical (unpaired) electrons. The Morgan fingerprint density at radius 3 is 1.44 bits per heavy atom. The smallest absolute Gasteiger partial charge is 0.320 e. The zero-order chi connectivity index (χ0) is 32.1. The first-order chi connectivity index (χ1) is 21.6. The molecule has 0 aliphatic rings. The first-order valence-corrected chi connectivity index (χ1v) is 16.7. The van der Waals surface area contributed by atoms with Crippen molar-refractivity contribution >= 4 is 104 Å². The normalized spacial score (nSPS) is 14.0. The van der Waals surface area contributed by atoms with Gasteiger partial charge in [0.15, 0.2) is 0 Å². The molecule has 8 N–H and O–H groups in total. The largest absolute Gasteiger partial charge is 0.480 e. The Kier molecular flexibility index (Phi) is 10.4. The number of primary amides is 2. The van der Waals surface area contributed by atoms with Crippen molar-refractivity contribution in [2.75, 3.05) is 0 Å². The van der Waals surface area contributed by atoms with Crippen molar-refractivity contribution in [1.29, 1.82) is 0 Å². The summed E-state index contributed by atoms with van der Waals surface area (Å²) in [4.78, 5) is 49.6. The summed E-state index contributed by atoms with van der Waals surface area (Å²) in [5, 5.41) is 32.0. The van der Waals surface area contributed by atoms with E-state index in [4.69, 9.17) is 11.5 Å². The fourth-order valence-electron chi connectivity index (χ4n) is 5.55. The van der Waals surface area contributed by atoms with Gasteiger partial charge in [0.25, 0.3) is 0 Å². The van der Waals surface area contributed by atoms with Crippen molar-refractivity contribution in [1.82, 2.24) is 10.5 Å². The van der Waals surface area contributed by atoms with Crippen molar-refractivity contribution in [3.05, 3.63) is 81.2 Å². The van der Waals surface area contributed by atoms with Crippen LogP contribution in [0.4, 0.5) is 0 Å². The zero-order valence-electron chi connectivity index (χ0n) is 24.0. The molecule has 2 amide bonds. The van der Waals surface area contributed by atoms with E-state index >= 15 is 0 Å². The van der Waals surface area contributed by atoms with E-state index in [1.54, 1.807) is 11.3 Å². The van der Waals surface area contributed by atoms with E-state index in [1.807, 2.05) is 71.4 Å². The number of fused-ring (bicyclic) bond motifs is 3. The topological polar surface area (TPSA) is 185 Å². The Bertz CT molecular complexity index is 1700. The Morgan fingerprint density at radius 1 is 0.689 bits per heavy atom. The summed E-state index contributed by atoms with van der Waals surface area (Å²) in [5.74, 6) is -4.46. The minimum absolute atomic E-state index is 0.0885. The second kappa shape index (κ2) is 14.4. The number of hydrogen-bond donors (Lipinski definition) is 6. The molecule has 5 rings (SSSR count). The van der Waals surface area contributed by atoms with Gasteiger partial charge in [-0.05, 0) is 45.8 Å². The van der Waals surface area contributed by atoms with Crippen molar-refractivity contribution in [2.24, 2.45) is 11.5 Å². The summed E-state index contributed by atoms with van der Waals surface area (Å²) in [6.07, 6.45) is -0.177. The highest BCUT2D eigenvalue weighted by Gasteiger charge is 2.32. The highest BCUT2D eigenvalue weighted by Crippen LogP contribution is 2.33. The van der Waals surface area contributed by atoms with Gasteiger partial charge in [-0.1, -0.05) is 47.3 Å². The van der Waals surface area contributed by atoms with E-state index in [2.05, 4.69) is 10.5 Å². The molecule has 10 nitrogen and oxygen atoms in total. The Labute approximate surface area is 272 Å². The number of amides is 2. The molecule has 0 fully saturated rings. The van der Waals surface area contributed by atoms with Crippen LogP contribution in [-0.2, 0) is 19.2 Å². The minimum atomic E-state index is -1.06. The lowest BCUT2D eigenvalue weighted by Gasteiger charge is -2.23. The molecule has 4 atom stereocenters. The number of hydrogen-bond acceptors (Lipinski definition) is 9. The summed E-state index contributed by atoms with van der Waals surface area (Å²) < 4.78 is 2.11. The van der Waals surface area contributed by atoms with Crippen LogP contribution in [0.5, 0.6) is 0 Å². The average Bonchev–Trinajstić information content (AvgIpc) is 3.77. The molecule has 3 heterocycles. The van der Waals surface area contributed by atoms with Gasteiger partial charge in [-0.25, -0.2) is 0 Å². The van der Waals surface area contributed by atoms with Crippen LogP contribution in [0.3, 0.4) is 0 Å². The predicted molar refractivity (Wildman–Crippen MR) is 184 cm³/mol. The maximum atomic E-state index is 12.3. The highest BCUT2D eigenvalue weighted by atomic mass is 32.1. The first kappa shape index (κ1) is 32.4. The number of rotatable bonds is 16. The molecule has 3 aromatic heterocycles. The van der Waals surface area contributed by atoms with Crippen LogP contribution in [0, 0.1) is 0 Å². The second-order valence-corrected chi connectivity index (χ2v) is 13.8. The molecular formula is C30H30B2N4O6S3. The summed E-state index contributed by atoms with van der Waals surface area (Å²) in [5.41, 5.74) is 12.7. The lowest BCUT2D eigenvalue weighted by atomic mass is 9.78. The van der Waals surface area contributed by atoms with Gasteiger partial charge in [-0.15, -0.1) is 34.0 Å². The number of carbonyl (C=O) groups is 4. The lowest BCUT2D eigenvalue weighted by molar-refractivity contribution is -0.140. The molecule has 5 aromatic rings. The SMILES string of the molecule is NC(=O)CC(c1cccs1)[C@H](NBc1ccc2sc3ccc(BN[C@H](C(=O)O)C(CC(N)=O)c4cccs4)cc3c2c1)C(=O)O. The molecule has 0 bridgehead atoms. The van der Waals surface area contributed by atoms with E-state index in [-0.39, 0.29) is 27.7 Å². The molecule has 45 heavy (non-hydrogen) atoms. The average molecular weight is 660 g/mol. The number of carboxylic acid groups (broad SMARTS) is 2. The van der Waals surface area contributed by atoms with E-state index in [0.29, 0.717) is 0 Å². The van der Waals surface area contributed by atoms with Gasteiger partial charge in [0, 0.05) is 43.8 Å². The quantitative estimate of drug-likeness (QED) is 0.0861. The minimum Gasteiger partial charge on any atom is -0.480 e. The van der Waals surface area contributed by atoms with Gasteiger partial charge in [0.05, 0.1) is 0 Å². The number of benzene rings is 2. The molecule has 0 spiro atoms. The van der Waals surface area contributed by atoms with Gasteiger partial charge in [-0.2, -0.15) is 0 Å². The fourth-order valence-corrected chi connectivity index (χ4v) is 8.35. The molecule has 15 heteroatoms. The standard InChI is InChI=1S/C30H30B2N4O6S3/c33-25(37)13-19(21-3-1-9-43-21)27(29(39)40)35-31-15-5-7-23-17(11-15)18-12-16(6-8-24(18)45-23)32-36-28(30(41)42)20(14-26(34)38)22-4-2-10-44-22/h1-12,19-20,27-28,31-32,35-36H,13-14H2,(H2,33,37)(H2,34,38)(H,39,40)(H,41,42)/t19?,20?,27-,28-/m0/s1. The van der Waals surface area contributed by atoms with Crippen LogP contribution in [0.25, 0.3) is 20.2 Å². The van der Waals surface area contributed by atoms with Crippen molar-refractivity contribution in [3.8, 4) is 0 Å². The monoisotopic (exact) mass is 660 g/mol. The third kappa shape index (κ3) is 7.81. The van der Waals surface area contributed by atoms with Gasteiger partial charge in [0.2, 0.25) is 26.6 Å². The van der Waals surface area contributed by atoms with Crippen molar-refractivity contribution < 1.29 is 29.4 Å². The zero-order valence-corrected chi connectivity index (χ0v) is 26.4. The van der Waals surface area contributed by atoms with E-state index in [9.17, 15) is 29.4 Å². The third-order valence-corrected chi connectivity index (χ3v) is 10.8. The second-order valence-electron chi connectivity index (χ2n) is 10.7. The van der Waals surface area contributed by atoms with Gasteiger partial charge < -0.3 is 32.1 Å². The van der Waals surface area contributed by atoms with Gasteiger partial charge in [0.1, 0.15) is 12.1 Å². The van der Waals surface area contributed by atoms with E-state index in [1.165, 1.54) is 22.7 Å². The van der Waals surface area contributed by atoms with Gasteiger partial charge >= 0.3 is 11.9 Å². The first-order valence-electron chi connectivity index (χ1n) is 14.1. The molecular weight excluding hydrogens is 630 g/mol. The Balaban J connectivity index is 1.36. The molecule has 2 aromatic carbocycles. The number of carbonyl (C=O) groups excluding carboxylic acids is 2. The number of nitrogens with two attached hydrogens (primary N) is 2. The Morgan fingerprint density at radius 2 is 1.11 bits per heavy atom. The number of thiophene rings is 3. The van der Waals surface area contributed by atoms with Crippen LogP contribution < -0.4 is 32.8 Å². The molecule has 230 valence electrons. The predicted octanol–water partition coefficient (Wildman–Crippen LogP) is 1.54. The molecule has 0 aliphatic carbocycles. The summed E-state index contributed by atoms with van der Waals surface area (Å²) in [6, 6.07) is 17.2. The van der Waals surface area contributed by atoms with E-state index < -0.39 is 47.7 Å². The highest BCUT2D eigenvalue weighted by molar-refractivity contribution is 7.25. The maximum Gasteiger partial charge on any atom is 0.320 e. The number of nitrogens with one attached hydrogen (secondary N) is 2. The van der Waals surface area contributed by atoms with E-state index in [0.717, 1.165) is 40.9 Å². The molecule has 0 aliphatic heterocycles. The van der Waals surface area contributed by atoms with Crippen molar-refractivity contribution in [3.63, 3.8) is 0 Å². The molecule has 0 saturated heterocycles. The number of aliphatic carboxylic acids is 2. The van der Waals surface area contributed by atoms with Crippen molar-refractivity contribution in [2.45, 2.75) is 36.8 Å². The maximum absolute atomic E-state index is 12.3. The summed E-state index contributed by atoms with van der Waals surface area (Å²) in [7, 11) is 0.521. The molecule has 2 unspecified atom stereocenters. The van der Waals surface area contributed by atoms with Crippen LogP contribution in [-0.4, -0.2) is 60.9 Å². The lowest BCUT2D eigenvalue weighted by Crippen LogP contribution is -2.47.